The van der Waals surface area contributed by atoms with Crippen LogP contribution in [0.3, 0.4) is 0 Å². The fourth-order valence-corrected chi connectivity index (χ4v) is 2.15. The van der Waals surface area contributed by atoms with Gasteiger partial charge >= 0.3 is 0 Å². The molecule has 7 nitrogen and oxygen atoms in total. The Morgan fingerprint density at radius 3 is 2.54 bits per heavy atom. The molecule has 0 aliphatic carbocycles. The van der Waals surface area contributed by atoms with E-state index in [4.69, 9.17) is 28.9 Å². The van der Waals surface area contributed by atoms with Crippen LogP contribution in [-0.4, -0.2) is 43.6 Å². The highest BCUT2D eigenvalue weighted by molar-refractivity contribution is 6.53. The second-order valence-corrected chi connectivity index (χ2v) is 6.06. The zero-order valence-corrected chi connectivity index (χ0v) is 14.0. The van der Waals surface area contributed by atoms with Crippen molar-refractivity contribution in [3.63, 3.8) is 0 Å². The number of aliphatic hydroxyl groups excluding tert-OH is 1. The van der Waals surface area contributed by atoms with Gasteiger partial charge in [0.1, 0.15) is 12.8 Å². The van der Waals surface area contributed by atoms with Crippen molar-refractivity contribution in [3.8, 4) is 5.69 Å². The van der Waals surface area contributed by atoms with E-state index < -0.39 is 29.6 Å². The Morgan fingerprint density at radius 2 is 2.04 bits per heavy atom. The monoisotopic (exact) mass is 375 g/mol. The zero-order chi connectivity index (χ0) is 17.7. The summed E-state index contributed by atoms with van der Waals surface area (Å²) in [6.45, 7) is -0.699. The van der Waals surface area contributed by atoms with E-state index in [1.54, 1.807) is 30.5 Å². The van der Waals surface area contributed by atoms with Crippen molar-refractivity contribution in [2.45, 2.75) is 23.5 Å². The molecular formula is C14H16Cl2FN5O2. The van der Waals surface area contributed by atoms with Crippen LogP contribution in [0.5, 0.6) is 0 Å². The molecule has 0 unspecified atom stereocenters. The van der Waals surface area contributed by atoms with E-state index in [0.717, 1.165) is 0 Å². The third-order valence-corrected chi connectivity index (χ3v) is 3.72. The van der Waals surface area contributed by atoms with E-state index in [-0.39, 0.29) is 6.54 Å². The SMILES string of the molecule is NCc1cn(-c2ccc([C@@H](O)[C@@H](CF)NC(=O)C(Cl)Cl)cc2)nn1. The second-order valence-electron chi connectivity index (χ2n) is 4.97. The van der Waals surface area contributed by atoms with Crippen molar-refractivity contribution in [1.29, 1.82) is 0 Å². The summed E-state index contributed by atoms with van der Waals surface area (Å²) in [5.41, 5.74) is 7.23. The highest BCUT2D eigenvalue weighted by Gasteiger charge is 2.25. The van der Waals surface area contributed by atoms with Crippen LogP contribution in [0.4, 0.5) is 4.39 Å². The number of nitrogens with one attached hydrogen (secondary N) is 1. The Hall–Kier alpha value is -1.74. The topological polar surface area (TPSA) is 106 Å². The molecule has 10 heteroatoms. The van der Waals surface area contributed by atoms with Gasteiger partial charge in [-0.3, -0.25) is 4.79 Å². The fraction of sp³-hybridized carbons (Fsp3) is 0.357. The van der Waals surface area contributed by atoms with Crippen molar-refractivity contribution < 1.29 is 14.3 Å². The number of carbonyl (C=O) groups is 1. The number of carbonyl (C=O) groups excluding carboxylic acids is 1. The highest BCUT2D eigenvalue weighted by Crippen LogP contribution is 2.20. The molecule has 0 aliphatic rings. The molecule has 1 aromatic carbocycles. The number of aromatic nitrogens is 3. The van der Waals surface area contributed by atoms with Crippen molar-refractivity contribution >= 4 is 29.1 Å². The Bertz CT molecular complexity index is 680. The minimum atomic E-state index is -1.34. The molecule has 2 aromatic rings. The number of rotatable bonds is 7. The van der Waals surface area contributed by atoms with E-state index >= 15 is 0 Å². The van der Waals surface area contributed by atoms with Gasteiger partial charge in [0.05, 0.1) is 23.6 Å². The molecule has 0 radical (unpaired) electrons. The zero-order valence-electron chi connectivity index (χ0n) is 12.4. The number of nitrogens with two attached hydrogens (primary N) is 1. The summed E-state index contributed by atoms with van der Waals surface area (Å²) in [6.07, 6.45) is 0.423. The number of amides is 1. The maximum Gasteiger partial charge on any atom is 0.253 e. The molecule has 1 heterocycles. The third kappa shape index (κ3) is 4.41. The lowest BCUT2D eigenvalue weighted by atomic mass is 10.0. The van der Waals surface area contributed by atoms with Crippen LogP contribution in [0, 0.1) is 0 Å². The molecular weight excluding hydrogens is 360 g/mol. The number of hydrogen-bond acceptors (Lipinski definition) is 5. The van der Waals surface area contributed by atoms with Gasteiger partial charge in [0, 0.05) is 6.54 Å². The van der Waals surface area contributed by atoms with Gasteiger partial charge in [0.25, 0.3) is 5.91 Å². The first-order valence-electron chi connectivity index (χ1n) is 7.00. The van der Waals surface area contributed by atoms with Gasteiger partial charge in [-0.2, -0.15) is 0 Å². The minimum Gasteiger partial charge on any atom is -0.386 e. The number of aliphatic hydroxyl groups is 1. The largest absolute Gasteiger partial charge is 0.386 e. The van der Waals surface area contributed by atoms with Gasteiger partial charge < -0.3 is 16.2 Å². The smallest absolute Gasteiger partial charge is 0.253 e. The number of halogens is 3. The number of alkyl halides is 3. The first-order valence-corrected chi connectivity index (χ1v) is 7.87. The van der Waals surface area contributed by atoms with E-state index in [1.807, 2.05) is 0 Å². The van der Waals surface area contributed by atoms with E-state index in [9.17, 15) is 14.3 Å². The number of benzene rings is 1. The van der Waals surface area contributed by atoms with Gasteiger partial charge in [0.2, 0.25) is 0 Å². The van der Waals surface area contributed by atoms with Crippen LogP contribution in [0.15, 0.2) is 30.5 Å². The molecule has 0 saturated heterocycles. The normalized spacial score (nSPS) is 13.8. The third-order valence-electron chi connectivity index (χ3n) is 3.32. The molecule has 4 N–H and O–H groups in total. The van der Waals surface area contributed by atoms with Crippen molar-refractivity contribution in [2.75, 3.05) is 6.67 Å². The first kappa shape index (κ1) is 18.6. The fourth-order valence-electron chi connectivity index (χ4n) is 2.02. The van der Waals surface area contributed by atoms with E-state index in [1.165, 1.54) is 4.68 Å². The lowest BCUT2D eigenvalue weighted by Crippen LogP contribution is -2.43. The predicted octanol–water partition coefficient (Wildman–Crippen LogP) is 1.02. The summed E-state index contributed by atoms with van der Waals surface area (Å²) in [6, 6.07) is 5.39. The summed E-state index contributed by atoms with van der Waals surface area (Å²) >= 11 is 10.8. The Morgan fingerprint density at radius 1 is 1.38 bits per heavy atom. The molecule has 1 aromatic heterocycles. The molecule has 2 rings (SSSR count). The molecule has 0 bridgehead atoms. The van der Waals surface area contributed by atoms with Crippen molar-refractivity contribution in [3.05, 3.63) is 41.7 Å². The minimum absolute atomic E-state index is 0.275. The van der Waals surface area contributed by atoms with Gasteiger partial charge in [-0.1, -0.05) is 40.5 Å². The second kappa shape index (κ2) is 8.39. The van der Waals surface area contributed by atoms with Crippen LogP contribution < -0.4 is 11.1 Å². The molecule has 24 heavy (non-hydrogen) atoms. The first-order chi connectivity index (χ1) is 11.5. The van der Waals surface area contributed by atoms with Crippen LogP contribution in [-0.2, 0) is 11.3 Å². The van der Waals surface area contributed by atoms with Crippen LogP contribution >= 0.6 is 23.2 Å². The van der Waals surface area contributed by atoms with Crippen molar-refractivity contribution in [2.24, 2.45) is 5.73 Å². The van der Waals surface area contributed by atoms with E-state index in [0.29, 0.717) is 16.9 Å². The highest BCUT2D eigenvalue weighted by atomic mass is 35.5. The maximum absolute atomic E-state index is 13.1. The van der Waals surface area contributed by atoms with Crippen LogP contribution in [0.2, 0.25) is 0 Å². The lowest BCUT2D eigenvalue weighted by molar-refractivity contribution is -0.121. The summed E-state index contributed by atoms with van der Waals surface area (Å²) in [5.74, 6) is -0.770. The summed E-state index contributed by atoms with van der Waals surface area (Å²) in [4.78, 5) is 10.1. The molecule has 0 aliphatic heterocycles. The molecule has 1 amide bonds. The number of hydrogen-bond donors (Lipinski definition) is 3. The molecule has 0 fully saturated rings. The molecule has 130 valence electrons. The molecule has 0 saturated carbocycles. The standard InChI is InChI=1S/C14H16Cl2FN5O2/c15-13(16)14(24)19-11(5-17)12(23)8-1-3-10(4-2-8)22-7-9(6-18)20-21-22/h1-4,7,11-13,23H,5-6,18H2,(H,19,24)/t11-,12-/m1/s1. The summed E-state index contributed by atoms with van der Waals surface area (Å²) < 4.78 is 14.6. The van der Waals surface area contributed by atoms with Crippen LogP contribution in [0.1, 0.15) is 17.4 Å². The van der Waals surface area contributed by atoms with Gasteiger partial charge in [0.15, 0.2) is 4.84 Å². The number of nitrogens with zero attached hydrogens (tertiary/aromatic N) is 3. The maximum atomic E-state index is 13.1. The summed E-state index contributed by atoms with van der Waals surface area (Å²) in [5, 5.41) is 20.3. The molecule has 2 atom stereocenters. The average molecular weight is 376 g/mol. The summed E-state index contributed by atoms with van der Waals surface area (Å²) in [7, 11) is 0. The Labute approximate surface area is 147 Å². The van der Waals surface area contributed by atoms with Gasteiger partial charge in [-0.15, -0.1) is 5.10 Å². The molecule has 0 spiro atoms. The van der Waals surface area contributed by atoms with E-state index in [2.05, 4.69) is 15.6 Å². The Kier molecular flexibility index (Phi) is 6.50. The quantitative estimate of drug-likeness (QED) is 0.626. The average Bonchev–Trinajstić information content (AvgIpc) is 3.08. The Balaban J connectivity index is 2.12. The van der Waals surface area contributed by atoms with Crippen LogP contribution in [0.25, 0.3) is 5.69 Å². The lowest BCUT2D eigenvalue weighted by Gasteiger charge is -2.22. The van der Waals surface area contributed by atoms with Crippen molar-refractivity contribution in [1.82, 2.24) is 20.3 Å². The van der Waals surface area contributed by atoms with Gasteiger partial charge in [-0.25, -0.2) is 9.07 Å². The predicted molar refractivity (Wildman–Crippen MR) is 87.6 cm³/mol. The van der Waals surface area contributed by atoms with Gasteiger partial charge in [-0.05, 0) is 17.7 Å².